The largest absolute Gasteiger partial charge is 0.374 e. The molecule has 0 aliphatic heterocycles. The molecule has 2 aliphatic carbocycles. The standard InChI is InChI=1S/C12H21BrO/c1-9-5-2-3-7-11(9)14-12-8-4-6-10(12)13/h9-12H,2-8H2,1H3. The van der Waals surface area contributed by atoms with E-state index in [0.717, 1.165) is 5.92 Å². The summed E-state index contributed by atoms with van der Waals surface area (Å²) in [6, 6.07) is 0. The van der Waals surface area contributed by atoms with Gasteiger partial charge in [-0.3, -0.25) is 0 Å². The van der Waals surface area contributed by atoms with E-state index < -0.39 is 0 Å². The maximum Gasteiger partial charge on any atom is 0.0703 e. The smallest absolute Gasteiger partial charge is 0.0703 e. The molecule has 2 fully saturated rings. The highest BCUT2D eigenvalue weighted by atomic mass is 79.9. The lowest BCUT2D eigenvalue weighted by Crippen LogP contribution is -2.32. The van der Waals surface area contributed by atoms with E-state index in [1.807, 2.05) is 0 Å². The predicted octanol–water partition coefficient (Wildman–Crippen LogP) is 3.90. The monoisotopic (exact) mass is 260 g/mol. The summed E-state index contributed by atoms with van der Waals surface area (Å²) in [6.07, 6.45) is 10.4. The van der Waals surface area contributed by atoms with Crippen LogP contribution >= 0.6 is 15.9 Å². The SMILES string of the molecule is CC1CCCCC1OC1CCCC1Br. The molecule has 0 aromatic rings. The van der Waals surface area contributed by atoms with Gasteiger partial charge in [0.05, 0.1) is 12.2 Å². The van der Waals surface area contributed by atoms with Gasteiger partial charge in [-0.15, -0.1) is 0 Å². The Morgan fingerprint density at radius 1 is 0.929 bits per heavy atom. The van der Waals surface area contributed by atoms with Crippen LogP contribution in [0.2, 0.25) is 0 Å². The summed E-state index contributed by atoms with van der Waals surface area (Å²) in [5, 5.41) is 0. The average molecular weight is 261 g/mol. The van der Waals surface area contributed by atoms with Crippen LogP contribution in [0.15, 0.2) is 0 Å². The summed E-state index contributed by atoms with van der Waals surface area (Å²) in [5.41, 5.74) is 0. The van der Waals surface area contributed by atoms with E-state index in [-0.39, 0.29) is 0 Å². The number of rotatable bonds is 2. The van der Waals surface area contributed by atoms with Crippen LogP contribution in [-0.4, -0.2) is 17.0 Å². The molecule has 0 radical (unpaired) electrons. The molecule has 0 heterocycles. The van der Waals surface area contributed by atoms with Gasteiger partial charge < -0.3 is 4.74 Å². The van der Waals surface area contributed by atoms with Crippen molar-refractivity contribution in [2.45, 2.75) is 68.9 Å². The molecule has 2 rings (SSSR count). The minimum atomic E-state index is 0.501. The van der Waals surface area contributed by atoms with Gasteiger partial charge in [0.25, 0.3) is 0 Å². The van der Waals surface area contributed by atoms with Crippen molar-refractivity contribution in [2.75, 3.05) is 0 Å². The maximum atomic E-state index is 6.23. The Morgan fingerprint density at radius 2 is 1.64 bits per heavy atom. The van der Waals surface area contributed by atoms with Gasteiger partial charge >= 0.3 is 0 Å². The van der Waals surface area contributed by atoms with E-state index in [1.54, 1.807) is 0 Å². The van der Waals surface area contributed by atoms with Crippen molar-refractivity contribution in [3.63, 3.8) is 0 Å². The number of hydrogen-bond acceptors (Lipinski definition) is 1. The van der Waals surface area contributed by atoms with Crippen LogP contribution < -0.4 is 0 Å². The molecule has 14 heavy (non-hydrogen) atoms. The molecule has 0 amide bonds. The van der Waals surface area contributed by atoms with Gasteiger partial charge in [-0.25, -0.2) is 0 Å². The summed E-state index contributed by atoms with van der Waals surface area (Å²) in [5.74, 6) is 0.782. The zero-order chi connectivity index (χ0) is 9.97. The lowest BCUT2D eigenvalue weighted by molar-refractivity contribution is -0.0493. The quantitative estimate of drug-likeness (QED) is 0.685. The van der Waals surface area contributed by atoms with E-state index >= 15 is 0 Å². The van der Waals surface area contributed by atoms with Crippen molar-refractivity contribution in [3.8, 4) is 0 Å². The number of ether oxygens (including phenoxy) is 1. The second-order valence-corrected chi connectivity index (χ2v) is 6.10. The predicted molar refractivity (Wildman–Crippen MR) is 62.9 cm³/mol. The van der Waals surface area contributed by atoms with E-state index in [9.17, 15) is 0 Å². The van der Waals surface area contributed by atoms with Crippen LogP contribution in [0.5, 0.6) is 0 Å². The van der Waals surface area contributed by atoms with E-state index in [1.165, 1.54) is 44.9 Å². The summed E-state index contributed by atoms with van der Waals surface area (Å²) < 4.78 is 6.23. The van der Waals surface area contributed by atoms with Gasteiger partial charge in [-0.2, -0.15) is 0 Å². The fourth-order valence-corrected chi connectivity index (χ4v) is 3.46. The molecule has 0 bridgehead atoms. The molecular formula is C12H21BrO. The molecule has 0 N–H and O–H groups in total. The second-order valence-electron chi connectivity index (χ2n) is 4.92. The molecule has 2 saturated carbocycles. The van der Waals surface area contributed by atoms with E-state index in [0.29, 0.717) is 17.0 Å². The van der Waals surface area contributed by atoms with E-state index in [2.05, 4.69) is 22.9 Å². The molecule has 0 saturated heterocycles. The van der Waals surface area contributed by atoms with Gasteiger partial charge in [0.15, 0.2) is 0 Å². The lowest BCUT2D eigenvalue weighted by Gasteiger charge is -2.32. The Balaban J connectivity index is 1.83. The first-order valence-corrected chi connectivity index (χ1v) is 6.98. The molecule has 2 aliphatic rings. The van der Waals surface area contributed by atoms with Gasteiger partial charge in [-0.1, -0.05) is 35.7 Å². The van der Waals surface area contributed by atoms with Crippen molar-refractivity contribution in [3.05, 3.63) is 0 Å². The highest BCUT2D eigenvalue weighted by Crippen LogP contribution is 2.33. The lowest BCUT2D eigenvalue weighted by atomic mass is 9.88. The highest BCUT2D eigenvalue weighted by Gasteiger charge is 2.31. The Morgan fingerprint density at radius 3 is 2.29 bits per heavy atom. The Hall–Kier alpha value is 0.440. The molecule has 0 aromatic heterocycles. The number of halogens is 1. The first-order valence-electron chi connectivity index (χ1n) is 6.07. The number of hydrogen-bond donors (Lipinski definition) is 0. The van der Waals surface area contributed by atoms with Crippen molar-refractivity contribution in [1.29, 1.82) is 0 Å². The normalized spacial score (nSPS) is 44.1. The van der Waals surface area contributed by atoms with Crippen LogP contribution in [0.25, 0.3) is 0 Å². The van der Waals surface area contributed by atoms with Crippen molar-refractivity contribution >= 4 is 15.9 Å². The van der Waals surface area contributed by atoms with Gasteiger partial charge in [0.2, 0.25) is 0 Å². The highest BCUT2D eigenvalue weighted by molar-refractivity contribution is 9.09. The fourth-order valence-electron chi connectivity index (χ4n) is 2.74. The van der Waals surface area contributed by atoms with Crippen LogP contribution in [0.3, 0.4) is 0 Å². The molecule has 0 spiro atoms. The topological polar surface area (TPSA) is 9.23 Å². The Kier molecular flexibility index (Phi) is 3.89. The third kappa shape index (κ3) is 2.52. The molecule has 1 nitrogen and oxygen atoms in total. The molecular weight excluding hydrogens is 240 g/mol. The summed E-state index contributed by atoms with van der Waals surface area (Å²) in [6.45, 7) is 2.35. The van der Waals surface area contributed by atoms with Crippen LogP contribution in [0, 0.1) is 5.92 Å². The molecule has 82 valence electrons. The van der Waals surface area contributed by atoms with Crippen molar-refractivity contribution in [2.24, 2.45) is 5.92 Å². The fraction of sp³-hybridized carbons (Fsp3) is 1.00. The van der Waals surface area contributed by atoms with Gasteiger partial charge in [0.1, 0.15) is 0 Å². The zero-order valence-corrected chi connectivity index (χ0v) is 10.6. The minimum absolute atomic E-state index is 0.501. The molecule has 0 aromatic carbocycles. The van der Waals surface area contributed by atoms with Crippen LogP contribution in [0.4, 0.5) is 0 Å². The third-order valence-corrected chi connectivity index (χ3v) is 4.80. The van der Waals surface area contributed by atoms with Gasteiger partial charge in [0, 0.05) is 4.83 Å². The Bertz CT molecular complexity index is 183. The van der Waals surface area contributed by atoms with Crippen LogP contribution in [-0.2, 0) is 4.74 Å². The molecule has 4 atom stereocenters. The summed E-state index contributed by atoms with van der Waals surface area (Å²) in [4.78, 5) is 0.622. The number of alkyl halides is 1. The average Bonchev–Trinajstić information content (AvgIpc) is 2.56. The summed E-state index contributed by atoms with van der Waals surface area (Å²) in [7, 11) is 0. The summed E-state index contributed by atoms with van der Waals surface area (Å²) >= 11 is 3.73. The maximum absolute atomic E-state index is 6.23. The Labute approximate surface area is 95.7 Å². The molecule has 4 unspecified atom stereocenters. The molecule has 2 heteroatoms. The van der Waals surface area contributed by atoms with Crippen molar-refractivity contribution < 1.29 is 4.74 Å². The first-order chi connectivity index (χ1) is 6.77. The van der Waals surface area contributed by atoms with Crippen molar-refractivity contribution in [1.82, 2.24) is 0 Å². The van der Waals surface area contributed by atoms with Crippen LogP contribution in [0.1, 0.15) is 51.9 Å². The third-order valence-electron chi connectivity index (χ3n) is 3.75. The van der Waals surface area contributed by atoms with E-state index in [4.69, 9.17) is 4.74 Å². The minimum Gasteiger partial charge on any atom is -0.374 e. The zero-order valence-electron chi connectivity index (χ0n) is 9.05. The second kappa shape index (κ2) is 4.98. The first kappa shape index (κ1) is 10.9. The van der Waals surface area contributed by atoms with Gasteiger partial charge in [-0.05, 0) is 38.0 Å².